The van der Waals surface area contributed by atoms with Gasteiger partial charge in [0.25, 0.3) is 11.5 Å². The number of aryl methyl sites for hydroxylation is 1. The van der Waals surface area contributed by atoms with Gasteiger partial charge in [-0.1, -0.05) is 6.08 Å². The van der Waals surface area contributed by atoms with Crippen molar-refractivity contribution in [2.45, 2.75) is 45.6 Å². The fraction of sp³-hybridized carbons (Fsp3) is 0.429. The first-order chi connectivity index (χ1) is 13.6. The van der Waals surface area contributed by atoms with E-state index in [0.29, 0.717) is 5.52 Å². The first-order valence-electron chi connectivity index (χ1n) is 9.49. The number of pyridine rings is 2. The Balaban J connectivity index is 1.92. The van der Waals surface area contributed by atoms with Crippen molar-refractivity contribution in [2.75, 3.05) is 6.54 Å². The molecule has 0 fully saturated rings. The number of aromatic hydroxyl groups is 1. The summed E-state index contributed by atoms with van der Waals surface area (Å²) in [5.74, 6) is -2.01. The first-order valence-corrected chi connectivity index (χ1v) is 9.49. The van der Waals surface area contributed by atoms with Gasteiger partial charge in [-0.25, -0.2) is 0 Å². The number of aromatic nitrogens is 2. The molecule has 154 valence electrons. The molecule has 2 aromatic heterocycles. The van der Waals surface area contributed by atoms with Crippen LogP contribution in [0.5, 0.6) is 5.75 Å². The van der Waals surface area contributed by atoms with E-state index >= 15 is 0 Å². The summed E-state index contributed by atoms with van der Waals surface area (Å²) < 4.78 is 6.40. The lowest BCUT2D eigenvalue weighted by molar-refractivity contribution is -0.153. The fourth-order valence-electron chi connectivity index (χ4n) is 3.32. The Labute approximate surface area is 168 Å². The van der Waals surface area contributed by atoms with Crippen molar-refractivity contribution in [3.8, 4) is 5.75 Å². The molecule has 0 unspecified atom stereocenters. The third-order valence-corrected chi connectivity index (χ3v) is 4.66. The number of ether oxygens (including phenoxy) is 1. The van der Waals surface area contributed by atoms with Crippen LogP contribution in [0, 0.1) is 0 Å². The van der Waals surface area contributed by atoms with Crippen LogP contribution in [0.2, 0.25) is 0 Å². The highest BCUT2D eigenvalue weighted by Crippen LogP contribution is 2.31. The molecule has 1 aliphatic carbocycles. The molecule has 3 rings (SSSR count). The van der Waals surface area contributed by atoms with Crippen molar-refractivity contribution in [3.05, 3.63) is 39.8 Å². The monoisotopic (exact) mass is 399 g/mol. The second kappa shape index (κ2) is 7.69. The summed E-state index contributed by atoms with van der Waals surface area (Å²) in [5, 5.41) is 12.9. The largest absolute Gasteiger partial charge is 0.505 e. The first kappa shape index (κ1) is 20.6. The van der Waals surface area contributed by atoms with Gasteiger partial charge >= 0.3 is 5.97 Å². The summed E-state index contributed by atoms with van der Waals surface area (Å²) in [4.78, 5) is 41.3. The smallest absolute Gasteiger partial charge is 0.325 e. The molecule has 0 saturated heterocycles. The number of hydrogen-bond acceptors (Lipinski definition) is 6. The fourth-order valence-corrected chi connectivity index (χ4v) is 3.32. The average Bonchev–Trinajstić information content (AvgIpc) is 3.17. The Kier molecular flexibility index (Phi) is 5.46. The normalized spacial score (nSPS) is 14.0. The van der Waals surface area contributed by atoms with E-state index < -0.39 is 40.9 Å². The average molecular weight is 399 g/mol. The Bertz CT molecular complexity index is 1080. The number of esters is 1. The minimum absolute atomic E-state index is 0.150. The van der Waals surface area contributed by atoms with Gasteiger partial charge in [-0.05, 0) is 57.2 Å². The van der Waals surface area contributed by atoms with Crippen molar-refractivity contribution in [1.82, 2.24) is 14.9 Å². The standard InChI is InChI=1S/C21H25N3O5/c1-21(2,3)29-15(25)11-23-19(27)16-18(26)17-14(24(4)20(16)28)9-13(10-22-17)12-7-5-6-8-12/h7,9-10,26H,5-6,8,11H2,1-4H3,(H,23,27). The number of fused-ring (bicyclic) bond motifs is 1. The summed E-state index contributed by atoms with van der Waals surface area (Å²) in [6.45, 7) is 4.70. The maximum absolute atomic E-state index is 12.7. The van der Waals surface area contributed by atoms with Crippen LogP contribution in [0.3, 0.4) is 0 Å². The quantitative estimate of drug-likeness (QED) is 0.763. The van der Waals surface area contributed by atoms with Gasteiger partial charge in [0.05, 0.1) is 5.52 Å². The zero-order valence-electron chi connectivity index (χ0n) is 17.0. The third kappa shape index (κ3) is 4.31. The summed E-state index contributed by atoms with van der Waals surface area (Å²) in [5.41, 5.74) is 0.815. The van der Waals surface area contributed by atoms with E-state index in [1.807, 2.05) is 0 Å². The lowest BCUT2D eigenvalue weighted by atomic mass is 10.1. The minimum Gasteiger partial charge on any atom is -0.505 e. The molecule has 2 N–H and O–H groups in total. The summed E-state index contributed by atoms with van der Waals surface area (Å²) in [7, 11) is 1.52. The van der Waals surface area contributed by atoms with Crippen molar-refractivity contribution >= 4 is 28.5 Å². The van der Waals surface area contributed by atoms with Gasteiger partial charge in [-0.2, -0.15) is 0 Å². The van der Waals surface area contributed by atoms with E-state index in [2.05, 4.69) is 16.4 Å². The van der Waals surface area contributed by atoms with Gasteiger partial charge in [-0.3, -0.25) is 19.4 Å². The Morgan fingerprint density at radius 1 is 1.34 bits per heavy atom. The number of nitrogens with one attached hydrogen (secondary N) is 1. The molecular formula is C21H25N3O5. The van der Waals surface area contributed by atoms with Crippen LogP contribution in [-0.4, -0.2) is 38.7 Å². The SMILES string of the molecule is Cn1c(=O)c(C(=O)NCC(=O)OC(C)(C)C)c(O)c2ncc(C3=CCCC3)cc21. The molecule has 0 aliphatic heterocycles. The molecule has 1 amide bonds. The molecule has 0 radical (unpaired) electrons. The molecule has 8 nitrogen and oxygen atoms in total. The topological polar surface area (TPSA) is 111 Å². The van der Waals surface area contributed by atoms with Gasteiger partial charge in [-0.15, -0.1) is 0 Å². The van der Waals surface area contributed by atoms with Crippen molar-refractivity contribution in [3.63, 3.8) is 0 Å². The van der Waals surface area contributed by atoms with Crippen LogP contribution in [0.15, 0.2) is 23.1 Å². The Morgan fingerprint density at radius 3 is 2.69 bits per heavy atom. The van der Waals surface area contributed by atoms with Crippen molar-refractivity contribution in [2.24, 2.45) is 7.05 Å². The maximum atomic E-state index is 12.7. The van der Waals surface area contributed by atoms with Crippen LogP contribution >= 0.6 is 0 Å². The number of carbonyl (C=O) groups excluding carboxylic acids is 2. The highest BCUT2D eigenvalue weighted by Gasteiger charge is 2.24. The number of carbonyl (C=O) groups is 2. The lowest BCUT2D eigenvalue weighted by Gasteiger charge is -2.19. The molecular weight excluding hydrogens is 374 g/mol. The van der Waals surface area contributed by atoms with Crippen LogP contribution in [0.4, 0.5) is 0 Å². The van der Waals surface area contributed by atoms with E-state index in [-0.39, 0.29) is 5.52 Å². The lowest BCUT2D eigenvalue weighted by Crippen LogP contribution is -2.37. The van der Waals surface area contributed by atoms with E-state index in [0.717, 1.165) is 30.4 Å². The van der Waals surface area contributed by atoms with E-state index in [1.165, 1.54) is 11.6 Å². The van der Waals surface area contributed by atoms with Crippen LogP contribution in [0.1, 0.15) is 56.0 Å². The summed E-state index contributed by atoms with van der Waals surface area (Å²) >= 11 is 0. The molecule has 0 spiro atoms. The minimum atomic E-state index is -0.861. The number of amides is 1. The predicted molar refractivity (Wildman–Crippen MR) is 109 cm³/mol. The van der Waals surface area contributed by atoms with Gasteiger partial charge in [0.1, 0.15) is 23.2 Å². The Morgan fingerprint density at radius 2 is 2.07 bits per heavy atom. The van der Waals surface area contributed by atoms with Crippen molar-refractivity contribution in [1.29, 1.82) is 0 Å². The second-order valence-corrected chi connectivity index (χ2v) is 8.07. The number of allylic oxidation sites excluding steroid dienone is 2. The van der Waals surface area contributed by atoms with Gasteiger partial charge in [0.15, 0.2) is 5.75 Å². The zero-order valence-corrected chi connectivity index (χ0v) is 17.0. The highest BCUT2D eigenvalue weighted by atomic mass is 16.6. The Hall–Kier alpha value is -3.16. The van der Waals surface area contributed by atoms with Gasteiger partial charge < -0.3 is 19.7 Å². The molecule has 0 atom stereocenters. The maximum Gasteiger partial charge on any atom is 0.325 e. The van der Waals surface area contributed by atoms with Gasteiger partial charge in [0, 0.05) is 13.2 Å². The van der Waals surface area contributed by atoms with Crippen molar-refractivity contribution < 1.29 is 19.4 Å². The summed E-state index contributed by atoms with van der Waals surface area (Å²) in [6, 6.07) is 1.79. The molecule has 8 heteroatoms. The molecule has 2 aromatic rings. The van der Waals surface area contributed by atoms with Gasteiger partial charge in [0.2, 0.25) is 0 Å². The third-order valence-electron chi connectivity index (χ3n) is 4.66. The predicted octanol–water partition coefficient (Wildman–Crippen LogP) is 2.28. The second-order valence-electron chi connectivity index (χ2n) is 8.07. The molecule has 0 bridgehead atoms. The number of rotatable bonds is 4. The van der Waals surface area contributed by atoms with Crippen LogP contribution < -0.4 is 10.9 Å². The van der Waals surface area contributed by atoms with Crippen LogP contribution in [-0.2, 0) is 16.6 Å². The molecule has 1 aliphatic rings. The number of nitrogens with zero attached hydrogens (tertiary/aromatic N) is 2. The van der Waals surface area contributed by atoms with Crippen LogP contribution in [0.25, 0.3) is 16.6 Å². The van der Waals surface area contributed by atoms with E-state index in [4.69, 9.17) is 4.74 Å². The van der Waals surface area contributed by atoms with E-state index in [1.54, 1.807) is 33.0 Å². The zero-order chi connectivity index (χ0) is 21.3. The molecule has 29 heavy (non-hydrogen) atoms. The molecule has 0 aromatic carbocycles. The van der Waals surface area contributed by atoms with E-state index in [9.17, 15) is 19.5 Å². The summed E-state index contributed by atoms with van der Waals surface area (Å²) in [6.07, 6.45) is 6.80. The number of hydrogen-bond donors (Lipinski definition) is 2. The molecule has 0 saturated carbocycles. The highest BCUT2D eigenvalue weighted by molar-refractivity contribution is 6.02. The molecule has 2 heterocycles.